The minimum atomic E-state index is 0.0875. The summed E-state index contributed by atoms with van der Waals surface area (Å²) in [5.74, 6) is 2.29. The Balaban J connectivity index is 1.57. The molecule has 0 unspecified atom stereocenters. The molecule has 0 spiro atoms. The van der Waals surface area contributed by atoms with Gasteiger partial charge in [-0.15, -0.1) is 0 Å². The van der Waals surface area contributed by atoms with Gasteiger partial charge in [-0.1, -0.05) is 31.4 Å². The second-order valence-electron chi connectivity index (χ2n) is 6.61. The van der Waals surface area contributed by atoms with Crippen LogP contribution in [0.25, 0.3) is 0 Å². The van der Waals surface area contributed by atoms with Crippen molar-refractivity contribution in [2.75, 3.05) is 11.7 Å². The Labute approximate surface area is 147 Å². The monoisotopic (exact) mass is 338 g/mol. The molecule has 1 aliphatic heterocycles. The number of fused-ring (bicyclic) bond motifs is 1. The van der Waals surface area contributed by atoms with Crippen LogP contribution in [0.4, 0.5) is 5.82 Å². The van der Waals surface area contributed by atoms with Gasteiger partial charge < -0.3 is 9.47 Å². The lowest BCUT2D eigenvalue weighted by molar-refractivity contribution is -0.118. The summed E-state index contributed by atoms with van der Waals surface area (Å²) in [6.45, 7) is 0.245. The lowest BCUT2D eigenvalue weighted by atomic mass is 9.93. The molecule has 0 radical (unpaired) electrons. The number of carbonyl (C=O) groups is 1. The smallest absolute Gasteiger partial charge is 0.232 e. The van der Waals surface area contributed by atoms with E-state index in [9.17, 15) is 4.79 Å². The maximum Gasteiger partial charge on any atom is 0.232 e. The molecule has 130 valence electrons. The summed E-state index contributed by atoms with van der Waals surface area (Å²) in [6.07, 6.45) is 7.77. The van der Waals surface area contributed by atoms with E-state index in [0.717, 1.165) is 30.0 Å². The molecule has 25 heavy (non-hydrogen) atoms. The van der Waals surface area contributed by atoms with Crippen molar-refractivity contribution >= 4 is 11.7 Å². The lowest BCUT2D eigenvalue weighted by Gasteiger charge is -2.33. The van der Waals surface area contributed by atoms with E-state index in [2.05, 4.69) is 4.98 Å². The quantitative estimate of drug-likeness (QED) is 0.852. The van der Waals surface area contributed by atoms with E-state index in [4.69, 9.17) is 9.47 Å². The molecule has 5 nitrogen and oxygen atoms in total. The molecule has 0 atom stereocenters. The molecule has 4 rings (SSSR count). The number of pyridine rings is 1. The molecule has 1 amide bonds. The zero-order valence-corrected chi connectivity index (χ0v) is 14.2. The van der Waals surface area contributed by atoms with Gasteiger partial charge in [-0.25, -0.2) is 4.98 Å². The second-order valence-corrected chi connectivity index (χ2v) is 6.61. The number of benzene rings is 1. The third-order valence-electron chi connectivity index (χ3n) is 4.90. The lowest BCUT2D eigenvalue weighted by Crippen LogP contribution is -2.43. The first-order valence-corrected chi connectivity index (χ1v) is 8.93. The molecule has 2 aliphatic rings. The summed E-state index contributed by atoms with van der Waals surface area (Å²) in [7, 11) is 0. The Morgan fingerprint density at radius 2 is 1.92 bits per heavy atom. The Bertz CT molecular complexity index is 742. The van der Waals surface area contributed by atoms with Gasteiger partial charge >= 0.3 is 0 Å². The SMILES string of the molecule is O=C(Cc1ccc2c(c1)OCO2)N(c1ccccn1)C1CCCCC1. The normalized spacial score (nSPS) is 16.6. The molecule has 5 heteroatoms. The van der Waals surface area contributed by atoms with E-state index in [1.807, 2.05) is 41.3 Å². The van der Waals surface area contributed by atoms with Gasteiger partial charge in [0.1, 0.15) is 5.82 Å². The third kappa shape index (κ3) is 3.45. The average molecular weight is 338 g/mol. The number of rotatable bonds is 4. The van der Waals surface area contributed by atoms with Gasteiger partial charge in [0.2, 0.25) is 12.7 Å². The number of carbonyl (C=O) groups excluding carboxylic acids is 1. The van der Waals surface area contributed by atoms with E-state index in [1.165, 1.54) is 19.3 Å². The summed E-state index contributed by atoms with van der Waals surface area (Å²) in [5.41, 5.74) is 0.936. The maximum absolute atomic E-state index is 13.1. The Morgan fingerprint density at radius 1 is 1.08 bits per heavy atom. The molecule has 1 aliphatic carbocycles. The van der Waals surface area contributed by atoms with E-state index in [-0.39, 0.29) is 18.7 Å². The molecule has 1 aromatic carbocycles. The number of nitrogens with zero attached hydrogens (tertiary/aromatic N) is 2. The van der Waals surface area contributed by atoms with Crippen molar-refractivity contribution < 1.29 is 14.3 Å². The van der Waals surface area contributed by atoms with Crippen LogP contribution in [0.3, 0.4) is 0 Å². The van der Waals surface area contributed by atoms with Crippen LogP contribution in [0.1, 0.15) is 37.7 Å². The number of hydrogen-bond acceptors (Lipinski definition) is 4. The van der Waals surface area contributed by atoms with E-state index in [0.29, 0.717) is 12.2 Å². The zero-order chi connectivity index (χ0) is 17.1. The standard InChI is InChI=1S/C20H22N2O3/c23-20(13-15-9-10-17-18(12-15)25-14-24-17)22(16-6-2-1-3-7-16)19-8-4-5-11-21-19/h4-5,8-12,16H,1-3,6-7,13-14H2. The van der Waals surface area contributed by atoms with Crippen LogP contribution in [0.2, 0.25) is 0 Å². The minimum Gasteiger partial charge on any atom is -0.454 e. The van der Waals surface area contributed by atoms with Crippen molar-refractivity contribution in [2.24, 2.45) is 0 Å². The maximum atomic E-state index is 13.1. The van der Waals surface area contributed by atoms with Gasteiger partial charge in [0.05, 0.1) is 6.42 Å². The van der Waals surface area contributed by atoms with E-state index in [1.54, 1.807) is 6.20 Å². The fourth-order valence-electron chi connectivity index (χ4n) is 3.66. The van der Waals surface area contributed by atoms with Crippen molar-refractivity contribution in [2.45, 2.75) is 44.6 Å². The highest BCUT2D eigenvalue weighted by Crippen LogP contribution is 2.33. The summed E-state index contributed by atoms with van der Waals surface area (Å²) in [5, 5.41) is 0. The fraction of sp³-hybridized carbons (Fsp3) is 0.400. The first kappa shape index (κ1) is 15.9. The molecule has 1 saturated carbocycles. The number of ether oxygens (including phenoxy) is 2. The second kappa shape index (κ2) is 7.13. The van der Waals surface area contributed by atoms with Gasteiger partial charge in [-0.3, -0.25) is 9.69 Å². The molecule has 1 fully saturated rings. The minimum absolute atomic E-state index is 0.0875. The Kier molecular flexibility index (Phi) is 4.55. The predicted molar refractivity (Wildman–Crippen MR) is 94.9 cm³/mol. The highest BCUT2D eigenvalue weighted by atomic mass is 16.7. The van der Waals surface area contributed by atoms with Gasteiger partial charge in [0, 0.05) is 12.2 Å². The van der Waals surface area contributed by atoms with Gasteiger partial charge in [0.15, 0.2) is 11.5 Å². The molecular formula is C20H22N2O3. The molecular weight excluding hydrogens is 316 g/mol. The van der Waals surface area contributed by atoms with Crippen LogP contribution < -0.4 is 14.4 Å². The van der Waals surface area contributed by atoms with Crippen molar-refractivity contribution in [3.63, 3.8) is 0 Å². The third-order valence-corrected chi connectivity index (χ3v) is 4.90. The summed E-state index contributed by atoms with van der Waals surface area (Å²) in [6, 6.07) is 11.7. The van der Waals surface area contributed by atoms with E-state index >= 15 is 0 Å². The first-order chi connectivity index (χ1) is 12.3. The van der Waals surface area contributed by atoms with Crippen LogP contribution in [0.5, 0.6) is 11.5 Å². The largest absolute Gasteiger partial charge is 0.454 e. The Morgan fingerprint density at radius 3 is 2.72 bits per heavy atom. The first-order valence-electron chi connectivity index (χ1n) is 8.93. The summed E-state index contributed by atoms with van der Waals surface area (Å²) in [4.78, 5) is 19.5. The summed E-state index contributed by atoms with van der Waals surface area (Å²) >= 11 is 0. The van der Waals surface area contributed by atoms with Crippen LogP contribution in [0, 0.1) is 0 Å². The van der Waals surface area contributed by atoms with Crippen LogP contribution >= 0.6 is 0 Å². The summed E-state index contributed by atoms with van der Waals surface area (Å²) < 4.78 is 10.8. The van der Waals surface area contributed by atoms with Gasteiger partial charge in [-0.2, -0.15) is 0 Å². The van der Waals surface area contributed by atoms with Crippen molar-refractivity contribution in [1.82, 2.24) is 4.98 Å². The highest BCUT2D eigenvalue weighted by molar-refractivity contribution is 5.94. The van der Waals surface area contributed by atoms with Crippen molar-refractivity contribution in [1.29, 1.82) is 0 Å². The fourth-order valence-corrected chi connectivity index (χ4v) is 3.66. The molecule has 0 bridgehead atoms. The Hall–Kier alpha value is -2.56. The number of amides is 1. The number of hydrogen-bond donors (Lipinski definition) is 0. The van der Waals surface area contributed by atoms with Crippen molar-refractivity contribution in [3.8, 4) is 11.5 Å². The van der Waals surface area contributed by atoms with E-state index < -0.39 is 0 Å². The van der Waals surface area contributed by atoms with Crippen molar-refractivity contribution in [3.05, 3.63) is 48.2 Å². The number of aromatic nitrogens is 1. The average Bonchev–Trinajstić information content (AvgIpc) is 3.11. The van der Waals surface area contributed by atoms with Crippen LogP contribution in [-0.2, 0) is 11.2 Å². The topological polar surface area (TPSA) is 51.7 Å². The molecule has 2 heterocycles. The highest BCUT2D eigenvalue weighted by Gasteiger charge is 2.28. The van der Waals surface area contributed by atoms with Crippen LogP contribution in [0.15, 0.2) is 42.6 Å². The van der Waals surface area contributed by atoms with Gasteiger partial charge in [-0.05, 0) is 42.7 Å². The predicted octanol–water partition coefficient (Wildman–Crippen LogP) is 3.72. The molecule has 1 aromatic heterocycles. The van der Waals surface area contributed by atoms with Crippen LogP contribution in [-0.4, -0.2) is 23.7 Å². The molecule has 0 saturated heterocycles. The molecule has 0 N–H and O–H groups in total. The zero-order valence-electron chi connectivity index (χ0n) is 14.2. The van der Waals surface area contributed by atoms with Gasteiger partial charge in [0.25, 0.3) is 0 Å². The molecule has 2 aromatic rings. The number of anilines is 1.